The molecule has 0 aliphatic carbocycles. The minimum Gasteiger partial charge on any atom is -0.330 e. The lowest BCUT2D eigenvalue weighted by atomic mass is 10.1. The summed E-state index contributed by atoms with van der Waals surface area (Å²) >= 11 is 1.81. The monoisotopic (exact) mass is 198 g/mol. The molecule has 0 aromatic carbocycles. The molecule has 3 heteroatoms. The van der Waals surface area contributed by atoms with E-state index in [1.54, 1.807) is 0 Å². The van der Waals surface area contributed by atoms with Crippen LogP contribution in [0, 0.1) is 6.92 Å². The molecule has 1 aromatic rings. The molecule has 0 aliphatic rings. The molecule has 1 aromatic heterocycles. The van der Waals surface area contributed by atoms with Gasteiger partial charge in [0.25, 0.3) is 0 Å². The lowest BCUT2D eigenvalue weighted by Crippen LogP contribution is -2.08. The molecule has 1 heterocycles. The molecule has 1 rings (SSSR count). The highest BCUT2D eigenvalue weighted by molar-refractivity contribution is 7.11. The molecule has 0 spiro atoms. The first-order valence-corrected chi connectivity index (χ1v) is 5.55. The second-order valence-electron chi connectivity index (χ2n) is 3.79. The summed E-state index contributed by atoms with van der Waals surface area (Å²) in [6, 6.07) is 0. The number of nitrogens with two attached hydrogens (primary N) is 1. The zero-order valence-electron chi connectivity index (χ0n) is 8.79. The predicted octanol–water partition coefficient (Wildman–Crippen LogP) is 2.64. The SMILES string of the molecule is Cc1nc(C(C)C)sc1C(C)CN. The van der Waals surface area contributed by atoms with Crippen LogP contribution in [0.2, 0.25) is 0 Å². The molecule has 2 N–H and O–H groups in total. The smallest absolute Gasteiger partial charge is 0.0956 e. The zero-order valence-corrected chi connectivity index (χ0v) is 9.61. The van der Waals surface area contributed by atoms with Crippen molar-refractivity contribution in [2.24, 2.45) is 5.73 Å². The van der Waals surface area contributed by atoms with Crippen LogP contribution >= 0.6 is 11.3 Å². The Morgan fingerprint density at radius 3 is 2.38 bits per heavy atom. The standard InChI is InChI=1S/C10H18N2S/c1-6(2)10-12-8(4)9(13-10)7(3)5-11/h6-7H,5,11H2,1-4H3. The van der Waals surface area contributed by atoms with Crippen molar-refractivity contribution in [2.45, 2.75) is 39.5 Å². The van der Waals surface area contributed by atoms with Gasteiger partial charge in [-0.2, -0.15) is 0 Å². The maximum Gasteiger partial charge on any atom is 0.0956 e. The van der Waals surface area contributed by atoms with Gasteiger partial charge >= 0.3 is 0 Å². The van der Waals surface area contributed by atoms with Crippen molar-refractivity contribution in [2.75, 3.05) is 6.54 Å². The first-order chi connectivity index (χ1) is 6.06. The molecule has 0 radical (unpaired) electrons. The van der Waals surface area contributed by atoms with Crippen molar-refractivity contribution in [3.8, 4) is 0 Å². The van der Waals surface area contributed by atoms with E-state index in [2.05, 4.69) is 32.7 Å². The number of nitrogens with zero attached hydrogens (tertiary/aromatic N) is 1. The third-order valence-corrected chi connectivity index (χ3v) is 3.83. The number of aryl methyl sites for hydroxylation is 1. The van der Waals surface area contributed by atoms with Crippen LogP contribution in [0.1, 0.15) is 48.2 Å². The van der Waals surface area contributed by atoms with E-state index in [4.69, 9.17) is 5.73 Å². The number of hydrogen-bond donors (Lipinski definition) is 1. The van der Waals surface area contributed by atoms with Crippen molar-refractivity contribution in [3.05, 3.63) is 15.6 Å². The van der Waals surface area contributed by atoms with E-state index in [1.165, 1.54) is 9.88 Å². The van der Waals surface area contributed by atoms with Crippen LogP contribution in [-0.2, 0) is 0 Å². The van der Waals surface area contributed by atoms with Gasteiger partial charge in [-0.3, -0.25) is 0 Å². The second kappa shape index (κ2) is 4.20. The second-order valence-corrected chi connectivity index (χ2v) is 4.86. The normalized spacial score (nSPS) is 13.7. The van der Waals surface area contributed by atoms with Crippen LogP contribution in [0.25, 0.3) is 0 Å². The van der Waals surface area contributed by atoms with Gasteiger partial charge in [-0.1, -0.05) is 20.8 Å². The topological polar surface area (TPSA) is 38.9 Å². The summed E-state index contributed by atoms with van der Waals surface area (Å²) in [7, 11) is 0. The van der Waals surface area contributed by atoms with Crippen molar-refractivity contribution in [1.82, 2.24) is 4.98 Å². The Kier molecular flexibility index (Phi) is 3.45. The molecule has 0 saturated heterocycles. The fourth-order valence-electron chi connectivity index (χ4n) is 1.24. The highest BCUT2D eigenvalue weighted by Crippen LogP contribution is 2.29. The van der Waals surface area contributed by atoms with Gasteiger partial charge in [0.2, 0.25) is 0 Å². The van der Waals surface area contributed by atoms with Crippen LogP contribution in [-0.4, -0.2) is 11.5 Å². The van der Waals surface area contributed by atoms with E-state index in [-0.39, 0.29) is 0 Å². The van der Waals surface area contributed by atoms with Gasteiger partial charge in [0, 0.05) is 16.7 Å². The quantitative estimate of drug-likeness (QED) is 0.811. The van der Waals surface area contributed by atoms with Crippen molar-refractivity contribution in [1.29, 1.82) is 0 Å². The summed E-state index contributed by atoms with van der Waals surface area (Å²) < 4.78 is 0. The zero-order chi connectivity index (χ0) is 10.0. The summed E-state index contributed by atoms with van der Waals surface area (Å²) in [5.74, 6) is 0.979. The summed E-state index contributed by atoms with van der Waals surface area (Å²) in [6.07, 6.45) is 0. The minimum absolute atomic E-state index is 0.449. The van der Waals surface area contributed by atoms with E-state index < -0.39 is 0 Å². The van der Waals surface area contributed by atoms with Crippen LogP contribution in [0.4, 0.5) is 0 Å². The van der Waals surface area contributed by atoms with Crippen LogP contribution in [0.3, 0.4) is 0 Å². The first-order valence-electron chi connectivity index (χ1n) is 4.73. The number of hydrogen-bond acceptors (Lipinski definition) is 3. The molecule has 1 atom stereocenters. The van der Waals surface area contributed by atoms with E-state index in [0.29, 0.717) is 18.4 Å². The third kappa shape index (κ3) is 2.29. The van der Waals surface area contributed by atoms with Crippen molar-refractivity contribution in [3.63, 3.8) is 0 Å². The average molecular weight is 198 g/mol. The van der Waals surface area contributed by atoms with Gasteiger partial charge in [-0.05, 0) is 13.5 Å². The van der Waals surface area contributed by atoms with E-state index >= 15 is 0 Å². The van der Waals surface area contributed by atoms with Gasteiger partial charge in [0.15, 0.2) is 0 Å². The van der Waals surface area contributed by atoms with E-state index in [9.17, 15) is 0 Å². The molecule has 0 amide bonds. The Morgan fingerprint density at radius 2 is 2.00 bits per heavy atom. The molecule has 0 fully saturated rings. The average Bonchev–Trinajstić information content (AvgIpc) is 2.46. The van der Waals surface area contributed by atoms with Crippen molar-refractivity contribution < 1.29 is 0 Å². The summed E-state index contributed by atoms with van der Waals surface area (Å²) in [4.78, 5) is 5.90. The fraction of sp³-hybridized carbons (Fsp3) is 0.700. The summed E-state index contributed by atoms with van der Waals surface area (Å²) in [5.41, 5.74) is 6.80. The number of aromatic nitrogens is 1. The summed E-state index contributed by atoms with van der Waals surface area (Å²) in [5, 5.41) is 1.23. The lowest BCUT2D eigenvalue weighted by molar-refractivity contribution is 0.779. The van der Waals surface area contributed by atoms with E-state index in [1.807, 2.05) is 11.3 Å². The molecule has 0 saturated carbocycles. The molecular formula is C10H18N2S. The lowest BCUT2D eigenvalue weighted by Gasteiger charge is -2.04. The molecule has 13 heavy (non-hydrogen) atoms. The highest BCUT2D eigenvalue weighted by Gasteiger charge is 2.14. The number of rotatable bonds is 3. The maximum absolute atomic E-state index is 5.64. The Bertz CT molecular complexity index is 278. The van der Waals surface area contributed by atoms with Crippen LogP contribution < -0.4 is 5.73 Å². The summed E-state index contributed by atoms with van der Waals surface area (Å²) in [6.45, 7) is 9.29. The van der Waals surface area contributed by atoms with Crippen molar-refractivity contribution >= 4 is 11.3 Å². The minimum atomic E-state index is 0.449. The van der Waals surface area contributed by atoms with Gasteiger partial charge in [0.1, 0.15) is 0 Å². The largest absolute Gasteiger partial charge is 0.330 e. The highest BCUT2D eigenvalue weighted by atomic mass is 32.1. The van der Waals surface area contributed by atoms with Gasteiger partial charge in [-0.25, -0.2) is 4.98 Å². The van der Waals surface area contributed by atoms with E-state index in [0.717, 1.165) is 5.69 Å². The molecule has 1 unspecified atom stereocenters. The Balaban J connectivity index is 2.96. The first kappa shape index (κ1) is 10.7. The Hall–Kier alpha value is -0.410. The number of thiazole rings is 1. The molecule has 0 bridgehead atoms. The fourth-order valence-corrected chi connectivity index (χ4v) is 2.38. The third-order valence-electron chi connectivity index (χ3n) is 2.14. The molecular weight excluding hydrogens is 180 g/mol. The maximum atomic E-state index is 5.64. The van der Waals surface area contributed by atoms with Gasteiger partial charge in [-0.15, -0.1) is 11.3 Å². The molecule has 74 valence electrons. The molecule has 0 aliphatic heterocycles. The Morgan fingerprint density at radius 1 is 1.38 bits per heavy atom. The predicted molar refractivity (Wildman–Crippen MR) is 58.4 cm³/mol. The van der Waals surface area contributed by atoms with Crippen LogP contribution in [0.15, 0.2) is 0 Å². The Labute approximate surface area is 84.2 Å². The van der Waals surface area contributed by atoms with Gasteiger partial charge in [0.05, 0.1) is 10.7 Å². The van der Waals surface area contributed by atoms with Gasteiger partial charge < -0.3 is 5.73 Å². The molecule has 2 nitrogen and oxygen atoms in total. The van der Waals surface area contributed by atoms with Crippen LogP contribution in [0.5, 0.6) is 0 Å².